The van der Waals surface area contributed by atoms with Gasteiger partial charge in [-0.05, 0) is 55.7 Å². The minimum absolute atomic E-state index is 0.0669. The second-order valence-corrected chi connectivity index (χ2v) is 9.09. The van der Waals surface area contributed by atoms with Gasteiger partial charge in [0, 0.05) is 18.7 Å². The number of unbranched alkanes of at least 4 members (excludes halogenated alkanes) is 1. The molecule has 2 N–H and O–H groups in total. The van der Waals surface area contributed by atoms with E-state index in [9.17, 15) is 9.59 Å². The average Bonchev–Trinajstić information content (AvgIpc) is 2.77. The molecule has 3 rings (SSSR count). The molecule has 2 amide bonds. The fourth-order valence-electron chi connectivity index (χ4n) is 5.03. The molecule has 1 aromatic rings. The molecule has 0 saturated heterocycles. The monoisotopic (exact) mass is 398 g/mol. The normalized spacial score (nSPS) is 19.5. The van der Waals surface area contributed by atoms with Crippen LogP contribution in [-0.4, -0.2) is 18.4 Å². The lowest BCUT2D eigenvalue weighted by molar-refractivity contribution is -0.128. The second kappa shape index (κ2) is 10.8. The van der Waals surface area contributed by atoms with Gasteiger partial charge in [-0.25, -0.2) is 0 Å². The number of rotatable bonds is 8. The van der Waals surface area contributed by atoms with E-state index >= 15 is 0 Å². The Labute approximate surface area is 176 Å². The van der Waals surface area contributed by atoms with Crippen molar-refractivity contribution in [3.05, 3.63) is 29.8 Å². The highest BCUT2D eigenvalue weighted by atomic mass is 16.2. The summed E-state index contributed by atoms with van der Waals surface area (Å²) in [5.74, 6) is 0.925. The Morgan fingerprint density at radius 2 is 1.62 bits per heavy atom. The van der Waals surface area contributed by atoms with Gasteiger partial charge in [-0.2, -0.15) is 0 Å². The highest BCUT2D eigenvalue weighted by molar-refractivity contribution is 5.91. The maximum Gasteiger partial charge on any atom is 0.230 e. The summed E-state index contributed by atoms with van der Waals surface area (Å²) in [4.78, 5) is 25.4. The molecule has 0 aromatic heterocycles. The van der Waals surface area contributed by atoms with Crippen molar-refractivity contribution >= 4 is 17.5 Å². The van der Waals surface area contributed by atoms with Gasteiger partial charge >= 0.3 is 0 Å². The van der Waals surface area contributed by atoms with Crippen LogP contribution in [0.25, 0.3) is 0 Å². The first-order chi connectivity index (χ1) is 14.1. The molecule has 160 valence electrons. The summed E-state index contributed by atoms with van der Waals surface area (Å²) in [6.45, 7) is 2.91. The zero-order valence-electron chi connectivity index (χ0n) is 18.1. The van der Waals surface area contributed by atoms with Crippen molar-refractivity contribution in [1.82, 2.24) is 5.32 Å². The van der Waals surface area contributed by atoms with Gasteiger partial charge in [-0.15, -0.1) is 0 Å². The van der Waals surface area contributed by atoms with Gasteiger partial charge in [0.15, 0.2) is 0 Å². The Balaban J connectivity index is 1.66. The highest BCUT2D eigenvalue weighted by Crippen LogP contribution is 2.40. The Morgan fingerprint density at radius 1 is 0.966 bits per heavy atom. The van der Waals surface area contributed by atoms with E-state index < -0.39 is 5.41 Å². The van der Waals surface area contributed by atoms with Crippen molar-refractivity contribution in [2.24, 2.45) is 5.92 Å². The van der Waals surface area contributed by atoms with Crippen LogP contribution in [0.1, 0.15) is 96.0 Å². The van der Waals surface area contributed by atoms with E-state index in [4.69, 9.17) is 0 Å². The summed E-state index contributed by atoms with van der Waals surface area (Å²) in [6.07, 6.45) is 14.2. The highest BCUT2D eigenvalue weighted by Gasteiger charge is 2.41. The quantitative estimate of drug-likeness (QED) is 0.589. The third-order valence-corrected chi connectivity index (χ3v) is 6.90. The molecule has 4 heteroatoms. The molecular formula is C25H38N2O2. The van der Waals surface area contributed by atoms with Crippen LogP contribution in [0.5, 0.6) is 0 Å². The summed E-state index contributed by atoms with van der Waals surface area (Å²) >= 11 is 0. The summed E-state index contributed by atoms with van der Waals surface area (Å²) in [6, 6.07) is 8.04. The number of carbonyl (C=O) groups excluding carboxylic acids is 2. The van der Waals surface area contributed by atoms with Crippen LogP contribution < -0.4 is 10.6 Å². The number of amides is 2. The largest absolute Gasteiger partial charge is 0.355 e. The van der Waals surface area contributed by atoms with Crippen LogP contribution >= 0.6 is 0 Å². The summed E-state index contributed by atoms with van der Waals surface area (Å²) in [5, 5.41) is 6.30. The fourth-order valence-corrected chi connectivity index (χ4v) is 5.03. The van der Waals surface area contributed by atoms with Gasteiger partial charge in [-0.3, -0.25) is 9.59 Å². The van der Waals surface area contributed by atoms with Gasteiger partial charge in [0.25, 0.3) is 0 Å². The van der Waals surface area contributed by atoms with E-state index in [1.807, 2.05) is 12.1 Å². The Morgan fingerprint density at radius 3 is 2.28 bits per heavy atom. The van der Waals surface area contributed by atoms with Crippen LogP contribution in [0.2, 0.25) is 0 Å². The van der Waals surface area contributed by atoms with Crippen LogP contribution in [-0.2, 0) is 15.0 Å². The van der Waals surface area contributed by atoms with Gasteiger partial charge in [0.1, 0.15) is 0 Å². The molecule has 0 bridgehead atoms. The topological polar surface area (TPSA) is 58.2 Å². The van der Waals surface area contributed by atoms with Gasteiger partial charge in [0.05, 0.1) is 5.41 Å². The van der Waals surface area contributed by atoms with E-state index in [1.54, 1.807) is 0 Å². The third kappa shape index (κ3) is 5.83. The number of hydrogen-bond donors (Lipinski definition) is 2. The molecule has 0 heterocycles. The number of anilines is 1. The average molecular weight is 399 g/mol. The maximum atomic E-state index is 13.4. The second-order valence-electron chi connectivity index (χ2n) is 9.09. The van der Waals surface area contributed by atoms with Crippen molar-refractivity contribution in [2.75, 3.05) is 11.9 Å². The lowest BCUT2D eigenvalue weighted by Crippen LogP contribution is -2.47. The number of hydrogen-bond acceptors (Lipinski definition) is 2. The molecule has 0 aliphatic heterocycles. The first-order valence-corrected chi connectivity index (χ1v) is 11.8. The standard InChI is InChI=1S/C25H38N2O2/c1-2-3-12-23(28)27-22-15-13-21(14-16-22)25(17-8-5-9-18-25)24(29)26-19-20-10-6-4-7-11-20/h13-16,20H,2-12,17-19H2,1H3,(H,26,29)(H,27,28). The molecule has 0 atom stereocenters. The lowest BCUT2D eigenvalue weighted by atomic mass is 9.68. The number of benzene rings is 1. The third-order valence-electron chi connectivity index (χ3n) is 6.90. The molecule has 2 aliphatic rings. The molecule has 29 heavy (non-hydrogen) atoms. The van der Waals surface area contributed by atoms with E-state index in [0.29, 0.717) is 12.3 Å². The first kappa shape index (κ1) is 21.9. The molecule has 0 unspecified atom stereocenters. The van der Waals surface area contributed by atoms with E-state index in [2.05, 4.69) is 29.7 Å². The van der Waals surface area contributed by atoms with Crippen LogP contribution in [0.3, 0.4) is 0 Å². The summed E-state index contributed by atoms with van der Waals surface area (Å²) < 4.78 is 0. The van der Waals surface area contributed by atoms with Gasteiger partial charge in [0.2, 0.25) is 11.8 Å². The predicted molar refractivity (Wildman–Crippen MR) is 119 cm³/mol. The van der Waals surface area contributed by atoms with Gasteiger partial charge < -0.3 is 10.6 Å². The van der Waals surface area contributed by atoms with Crippen molar-refractivity contribution in [3.63, 3.8) is 0 Å². The number of carbonyl (C=O) groups is 2. The van der Waals surface area contributed by atoms with E-state index in [1.165, 1.54) is 38.5 Å². The smallest absolute Gasteiger partial charge is 0.230 e. The maximum absolute atomic E-state index is 13.4. The van der Waals surface area contributed by atoms with Gasteiger partial charge in [-0.1, -0.05) is 64.0 Å². The lowest BCUT2D eigenvalue weighted by Gasteiger charge is -2.37. The molecule has 4 nitrogen and oxygen atoms in total. The summed E-state index contributed by atoms with van der Waals surface area (Å²) in [7, 11) is 0. The minimum Gasteiger partial charge on any atom is -0.355 e. The summed E-state index contributed by atoms with van der Waals surface area (Å²) in [5.41, 5.74) is 1.52. The van der Waals surface area contributed by atoms with Crippen LogP contribution in [0, 0.1) is 5.92 Å². The molecule has 0 spiro atoms. The van der Waals surface area contributed by atoms with Crippen molar-refractivity contribution in [3.8, 4) is 0 Å². The Bertz CT molecular complexity index is 656. The molecule has 1 aromatic carbocycles. The molecule has 0 radical (unpaired) electrons. The van der Waals surface area contributed by atoms with Crippen LogP contribution in [0.15, 0.2) is 24.3 Å². The zero-order valence-corrected chi connectivity index (χ0v) is 18.1. The Hall–Kier alpha value is -1.84. The SMILES string of the molecule is CCCCC(=O)Nc1ccc(C2(C(=O)NCC3CCCCC3)CCCCC2)cc1. The van der Waals surface area contributed by atoms with Crippen molar-refractivity contribution in [1.29, 1.82) is 0 Å². The van der Waals surface area contributed by atoms with Crippen molar-refractivity contribution in [2.45, 2.75) is 95.8 Å². The minimum atomic E-state index is -0.405. The first-order valence-electron chi connectivity index (χ1n) is 11.8. The van der Waals surface area contributed by atoms with Crippen molar-refractivity contribution < 1.29 is 9.59 Å². The van der Waals surface area contributed by atoms with Crippen LogP contribution in [0.4, 0.5) is 5.69 Å². The fraction of sp³-hybridized carbons (Fsp3) is 0.680. The molecular weight excluding hydrogens is 360 g/mol. The van der Waals surface area contributed by atoms with E-state index in [-0.39, 0.29) is 11.8 Å². The zero-order chi connectivity index (χ0) is 20.5. The molecule has 2 aliphatic carbocycles. The predicted octanol–water partition coefficient (Wildman–Crippen LogP) is 5.71. The number of nitrogens with one attached hydrogen (secondary N) is 2. The Kier molecular flexibility index (Phi) is 8.14. The molecule has 2 saturated carbocycles. The molecule has 2 fully saturated rings. The van der Waals surface area contributed by atoms with E-state index in [0.717, 1.165) is 56.3 Å².